The van der Waals surface area contributed by atoms with Gasteiger partial charge in [0.05, 0.1) is 27.6 Å². The average molecular weight is 677 g/mol. The van der Waals surface area contributed by atoms with E-state index >= 15 is 0 Å². The highest BCUT2D eigenvalue weighted by atomic mass is 15.2. The predicted octanol–water partition coefficient (Wildman–Crippen LogP) is 12.5. The third-order valence-corrected chi connectivity index (χ3v) is 10.7. The maximum atomic E-state index is 4.79. The van der Waals surface area contributed by atoms with Crippen LogP contribution in [0.3, 0.4) is 0 Å². The van der Waals surface area contributed by atoms with E-state index in [4.69, 9.17) is 4.98 Å². The molecule has 0 N–H and O–H groups in total. The van der Waals surface area contributed by atoms with Crippen LogP contribution in [0.5, 0.6) is 0 Å². The van der Waals surface area contributed by atoms with Crippen LogP contribution in [0.2, 0.25) is 0 Å². The van der Waals surface area contributed by atoms with Crippen LogP contribution in [-0.4, -0.2) is 18.5 Å². The number of fused-ring (bicyclic) bond motifs is 8. The number of pyridine rings is 1. The Balaban J connectivity index is 1.21. The standard InChI is InChI=1S/C49H32N4/c1-3-14-33(15-4-1)39-28-27-38(31-42(39)36-18-11-17-35(30-36)40-23-12-16-34-19-13-29-50-47(34)40)53-46-26-10-9-25-45(46)51-32-43-41-22-7-8-24-44(41)52(48(43)49(51)53)37-20-5-2-6-21-37/h1-32H. The molecule has 0 unspecified atom stereocenters. The van der Waals surface area contributed by atoms with Crippen molar-refractivity contribution in [3.05, 3.63) is 194 Å². The van der Waals surface area contributed by atoms with Crippen LogP contribution < -0.4 is 0 Å². The van der Waals surface area contributed by atoms with Crippen molar-refractivity contribution in [3.63, 3.8) is 0 Å². The minimum Gasteiger partial charge on any atom is -0.306 e. The molecule has 0 radical (unpaired) electrons. The molecule has 0 aliphatic rings. The molecule has 0 aliphatic heterocycles. The van der Waals surface area contributed by atoms with Gasteiger partial charge in [0.2, 0.25) is 0 Å². The van der Waals surface area contributed by atoms with Crippen molar-refractivity contribution in [3.8, 4) is 44.8 Å². The Morgan fingerprint density at radius 3 is 1.92 bits per heavy atom. The topological polar surface area (TPSA) is 27.2 Å². The molecular weight excluding hydrogens is 645 g/mol. The molecule has 0 bridgehead atoms. The zero-order chi connectivity index (χ0) is 34.9. The van der Waals surface area contributed by atoms with E-state index in [2.05, 4.69) is 196 Å². The largest absolute Gasteiger partial charge is 0.306 e. The highest BCUT2D eigenvalue weighted by Crippen LogP contribution is 2.42. The van der Waals surface area contributed by atoms with Gasteiger partial charge in [-0.25, -0.2) is 0 Å². The van der Waals surface area contributed by atoms with Crippen LogP contribution in [-0.2, 0) is 0 Å². The van der Waals surface area contributed by atoms with E-state index in [-0.39, 0.29) is 0 Å². The molecule has 0 spiro atoms. The molecule has 7 aromatic carbocycles. The fourth-order valence-corrected chi connectivity index (χ4v) is 8.37. The Morgan fingerprint density at radius 1 is 0.396 bits per heavy atom. The Kier molecular flexibility index (Phi) is 6.52. The van der Waals surface area contributed by atoms with Crippen molar-refractivity contribution in [2.75, 3.05) is 0 Å². The van der Waals surface area contributed by atoms with Gasteiger partial charge in [0.1, 0.15) is 5.65 Å². The highest BCUT2D eigenvalue weighted by Gasteiger charge is 2.23. The number of aromatic nitrogens is 4. The smallest absolute Gasteiger partial charge is 0.147 e. The van der Waals surface area contributed by atoms with Gasteiger partial charge in [-0.3, -0.25) is 14.0 Å². The van der Waals surface area contributed by atoms with Gasteiger partial charge in [-0.15, -0.1) is 0 Å². The van der Waals surface area contributed by atoms with Crippen LogP contribution in [0.15, 0.2) is 194 Å². The Bertz CT molecular complexity index is 3160. The minimum absolute atomic E-state index is 1.01. The van der Waals surface area contributed by atoms with Gasteiger partial charge in [-0.05, 0) is 82.4 Å². The number of hydrogen-bond acceptors (Lipinski definition) is 1. The first-order chi connectivity index (χ1) is 26.3. The number of rotatable bonds is 5. The number of imidazole rings is 1. The van der Waals surface area contributed by atoms with Crippen molar-refractivity contribution >= 4 is 49.4 Å². The molecule has 248 valence electrons. The summed E-state index contributed by atoms with van der Waals surface area (Å²) < 4.78 is 7.26. The molecule has 4 heterocycles. The molecule has 53 heavy (non-hydrogen) atoms. The lowest BCUT2D eigenvalue weighted by atomic mass is 9.91. The lowest BCUT2D eigenvalue weighted by molar-refractivity contribution is 1.12. The number of para-hydroxylation sites is 5. The first-order valence-corrected chi connectivity index (χ1v) is 18.1. The van der Waals surface area contributed by atoms with Crippen molar-refractivity contribution in [2.45, 2.75) is 0 Å². The maximum absolute atomic E-state index is 4.79. The molecule has 11 rings (SSSR count). The molecule has 4 heteroatoms. The van der Waals surface area contributed by atoms with Crippen molar-refractivity contribution in [1.29, 1.82) is 0 Å². The van der Waals surface area contributed by atoms with Crippen molar-refractivity contribution in [2.24, 2.45) is 0 Å². The molecule has 0 saturated carbocycles. The quantitative estimate of drug-likeness (QED) is 0.178. The van der Waals surface area contributed by atoms with E-state index in [0.717, 1.165) is 50.1 Å². The second-order valence-corrected chi connectivity index (χ2v) is 13.7. The Morgan fingerprint density at radius 2 is 1.08 bits per heavy atom. The molecule has 0 fully saturated rings. The lowest BCUT2D eigenvalue weighted by Crippen LogP contribution is -1.99. The van der Waals surface area contributed by atoms with Gasteiger partial charge < -0.3 is 4.57 Å². The maximum Gasteiger partial charge on any atom is 0.147 e. The first kappa shape index (κ1) is 29.5. The summed E-state index contributed by atoms with van der Waals surface area (Å²) in [5.74, 6) is 0. The fourth-order valence-electron chi connectivity index (χ4n) is 8.37. The van der Waals surface area contributed by atoms with Crippen LogP contribution in [0.1, 0.15) is 0 Å². The first-order valence-electron chi connectivity index (χ1n) is 18.1. The Hall–Kier alpha value is -7.17. The normalized spacial score (nSPS) is 11.8. The fraction of sp³-hybridized carbons (Fsp3) is 0. The highest BCUT2D eigenvalue weighted by molar-refractivity contribution is 6.16. The summed E-state index contributed by atoms with van der Waals surface area (Å²) in [5, 5.41) is 3.61. The van der Waals surface area contributed by atoms with Gasteiger partial charge in [-0.1, -0.05) is 127 Å². The molecule has 0 atom stereocenters. The van der Waals surface area contributed by atoms with Gasteiger partial charge in [0.25, 0.3) is 0 Å². The van der Waals surface area contributed by atoms with E-state index < -0.39 is 0 Å². The summed E-state index contributed by atoms with van der Waals surface area (Å²) in [6.45, 7) is 0. The third-order valence-electron chi connectivity index (χ3n) is 10.7. The van der Waals surface area contributed by atoms with E-state index in [0.29, 0.717) is 0 Å². The van der Waals surface area contributed by atoms with Crippen LogP contribution in [0, 0.1) is 0 Å². The summed E-state index contributed by atoms with van der Waals surface area (Å²) in [6, 6.07) is 65.4. The van der Waals surface area contributed by atoms with Crippen molar-refractivity contribution < 1.29 is 0 Å². The molecule has 4 aromatic heterocycles. The van der Waals surface area contributed by atoms with E-state index in [9.17, 15) is 0 Å². The monoisotopic (exact) mass is 676 g/mol. The van der Waals surface area contributed by atoms with E-state index in [1.807, 2.05) is 12.3 Å². The number of hydrogen-bond donors (Lipinski definition) is 0. The van der Waals surface area contributed by atoms with Crippen LogP contribution in [0.25, 0.3) is 94.1 Å². The van der Waals surface area contributed by atoms with Crippen LogP contribution >= 0.6 is 0 Å². The van der Waals surface area contributed by atoms with Gasteiger partial charge in [-0.2, -0.15) is 0 Å². The lowest BCUT2D eigenvalue weighted by Gasteiger charge is -2.16. The molecule has 0 aliphatic carbocycles. The molecule has 0 amide bonds. The van der Waals surface area contributed by atoms with E-state index in [1.165, 1.54) is 44.0 Å². The molecular formula is C49H32N4. The Labute approximate surface area is 306 Å². The van der Waals surface area contributed by atoms with Crippen molar-refractivity contribution in [1.82, 2.24) is 18.5 Å². The molecule has 11 aromatic rings. The zero-order valence-electron chi connectivity index (χ0n) is 28.8. The minimum atomic E-state index is 1.01. The summed E-state index contributed by atoms with van der Waals surface area (Å²) in [6.07, 6.45) is 4.21. The van der Waals surface area contributed by atoms with Crippen LogP contribution in [0.4, 0.5) is 0 Å². The van der Waals surface area contributed by atoms with Gasteiger partial charge in [0, 0.05) is 45.5 Å². The zero-order valence-corrected chi connectivity index (χ0v) is 28.8. The predicted molar refractivity (Wildman–Crippen MR) is 220 cm³/mol. The number of nitrogens with zero attached hydrogens (tertiary/aromatic N) is 4. The second kappa shape index (κ2) is 11.7. The SMILES string of the molecule is c1ccc(-c2ccc(-n3c4ccccc4n4cc5c6ccccc6n(-c6ccccc6)c5c34)cc2-c2cccc(-c3cccc4cccnc34)c2)cc1. The summed E-state index contributed by atoms with van der Waals surface area (Å²) in [7, 11) is 0. The summed E-state index contributed by atoms with van der Waals surface area (Å²) >= 11 is 0. The average Bonchev–Trinajstić information content (AvgIpc) is 3.87. The molecule has 4 nitrogen and oxygen atoms in total. The van der Waals surface area contributed by atoms with E-state index in [1.54, 1.807) is 0 Å². The van der Waals surface area contributed by atoms with Gasteiger partial charge >= 0.3 is 0 Å². The summed E-state index contributed by atoms with van der Waals surface area (Å²) in [5.41, 5.74) is 16.1. The molecule has 0 saturated heterocycles. The number of benzene rings is 7. The summed E-state index contributed by atoms with van der Waals surface area (Å²) in [4.78, 5) is 4.79. The van der Waals surface area contributed by atoms with Gasteiger partial charge in [0.15, 0.2) is 0 Å². The third kappa shape index (κ3) is 4.52. The second-order valence-electron chi connectivity index (χ2n) is 13.7.